The minimum atomic E-state index is -0.211. The summed E-state index contributed by atoms with van der Waals surface area (Å²) in [6, 6.07) is 12.4. The molecule has 0 aliphatic heterocycles. The van der Waals surface area contributed by atoms with Gasteiger partial charge >= 0.3 is 0 Å². The summed E-state index contributed by atoms with van der Waals surface area (Å²) in [5.74, 6) is 0.521. The zero-order valence-corrected chi connectivity index (χ0v) is 11.9. The largest absolute Gasteiger partial charge is 0.207 e. The molecule has 88 valence electrons. The highest BCUT2D eigenvalue weighted by Crippen LogP contribution is 2.28. The monoisotopic (exact) mass is 330 g/mol. The Bertz CT molecular complexity index is 531. The zero-order valence-electron chi connectivity index (χ0n) is 8.79. The molecule has 0 spiro atoms. The summed E-state index contributed by atoms with van der Waals surface area (Å²) in [7, 11) is 0. The van der Waals surface area contributed by atoms with Crippen LogP contribution in [0.4, 0.5) is 4.39 Å². The predicted octanol–water partition coefficient (Wildman–Crippen LogP) is 5.53. The smallest absolute Gasteiger partial charge is 0.124 e. The Balaban J connectivity index is 2.07. The molecule has 0 aliphatic carbocycles. The molecule has 0 unspecified atom stereocenters. The average molecular weight is 332 g/mol. The maximum Gasteiger partial charge on any atom is 0.124 e. The topological polar surface area (TPSA) is 0 Å². The fourth-order valence-corrected chi connectivity index (χ4v) is 3.12. The molecule has 0 fully saturated rings. The summed E-state index contributed by atoms with van der Waals surface area (Å²) in [6.45, 7) is 0. The van der Waals surface area contributed by atoms with Gasteiger partial charge in [0.25, 0.3) is 0 Å². The Kier molecular flexibility index (Phi) is 4.48. The molecule has 0 nitrogen and oxygen atoms in total. The highest BCUT2D eigenvalue weighted by molar-refractivity contribution is 9.10. The van der Waals surface area contributed by atoms with Crippen molar-refractivity contribution in [3.05, 3.63) is 63.3 Å². The van der Waals surface area contributed by atoms with E-state index < -0.39 is 0 Å². The molecular formula is C13H9BrClFS. The van der Waals surface area contributed by atoms with Gasteiger partial charge in [0.15, 0.2) is 0 Å². The molecule has 0 radical (unpaired) electrons. The molecule has 0 aliphatic rings. The lowest BCUT2D eigenvalue weighted by molar-refractivity contribution is 0.624. The Morgan fingerprint density at radius 2 is 2.00 bits per heavy atom. The van der Waals surface area contributed by atoms with Crippen molar-refractivity contribution in [2.45, 2.75) is 10.6 Å². The van der Waals surface area contributed by atoms with E-state index in [0.29, 0.717) is 0 Å². The third-order valence-electron chi connectivity index (χ3n) is 2.21. The lowest BCUT2D eigenvalue weighted by Crippen LogP contribution is -1.83. The number of hydrogen-bond donors (Lipinski definition) is 0. The van der Waals surface area contributed by atoms with Gasteiger partial charge in [-0.1, -0.05) is 39.7 Å². The van der Waals surface area contributed by atoms with Gasteiger partial charge in [-0.05, 0) is 35.9 Å². The molecule has 2 aromatic rings. The Morgan fingerprint density at radius 3 is 2.71 bits per heavy atom. The molecule has 0 saturated carbocycles. The normalized spacial score (nSPS) is 10.5. The maximum atomic E-state index is 13.0. The Hall–Kier alpha value is -0.510. The highest BCUT2D eigenvalue weighted by atomic mass is 79.9. The summed E-state index contributed by atoms with van der Waals surface area (Å²) < 4.78 is 13.9. The van der Waals surface area contributed by atoms with Crippen LogP contribution < -0.4 is 0 Å². The molecule has 0 heterocycles. The van der Waals surface area contributed by atoms with Crippen LogP contribution >= 0.6 is 39.3 Å². The quantitative estimate of drug-likeness (QED) is 0.666. The zero-order chi connectivity index (χ0) is 12.3. The Labute approximate surface area is 117 Å². The van der Waals surface area contributed by atoms with Gasteiger partial charge in [0.1, 0.15) is 5.82 Å². The summed E-state index contributed by atoms with van der Waals surface area (Å²) in [5.41, 5.74) is 1.05. The van der Waals surface area contributed by atoms with Crippen LogP contribution in [-0.2, 0) is 5.75 Å². The van der Waals surface area contributed by atoms with Gasteiger partial charge in [0.05, 0.1) is 0 Å². The second-order valence-electron chi connectivity index (χ2n) is 3.48. The van der Waals surface area contributed by atoms with Crippen LogP contribution in [0.25, 0.3) is 0 Å². The van der Waals surface area contributed by atoms with E-state index in [2.05, 4.69) is 15.9 Å². The minimum Gasteiger partial charge on any atom is -0.207 e. The van der Waals surface area contributed by atoms with Crippen molar-refractivity contribution >= 4 is 39.3 Å². The SMILES string of the molecule is Fc1cccc(SCc2ccc(Br)cc2Cl)c1. The van der Waals surface area contributed by atoms with Gasteiger partial charge < -0.3 is 0 Å². The van der Waals surface area contributed by atoms with Crippen LogP contribution in [0, 0.1) is 5.82 Å². The standard InChI is InChI=1S/C13H9BrClFS/c14-10-5-4-9(13(15)6-10)8-17-12-3-1-2-11(16)7-12/h1-7H,8H2. The van der Waals surface area contributed by atoms with E-state index in [0.717, 1.165) is 25.7 Å². The minimum absolute atomic E-state index is 0.211. The molecule has 0 bridgehead atoms. The molecule has 0 saturated heterocycles. The van der Waals surface area contributed by atoms with Gasteiger partial charge in [-0.15, -0.1) is 11.8 Å². The fraction of sp³-hybridized carbons (Fsp3) is 0.0769. The van der Waals surface area contributed by atoms with Crippen molar-refractivity contribution in [1.29, 1.82) is 0 Å². The van der Waals surface area contributed by atoms with Crippen molar-refractivity contribution in [1.82, 2.24) is 0 Å². The Morgan fingerprint density at radius 1 is 1.18 bits per heavy atom. The lowest BCUT2D eigenvalue weighted by Gasteiger charge is -2.05. The van der Waals surface area contributed by atoms with E-state index in [4.69, 9.17) is 11.6 Å². The van der Waals surface area contributed by atoms with Gasteiger partial charge in [0, 0.05) is 20.1 Å². The first-order valence-electron chi connectivity index (χ1n) is 4.97. The van der Waals surface area contributed by atoms with Gasteiger partial charge in [-0.3, -0.25) is 0 Å². The van der Waals surface area contributed by atoms with Crippen LogP contribution in [0.5, 0.6) is 0 Å². The van der Waals surface area contributed by atoms with E-state index in [1.165, 1.54) is 12.1 Å². The predicted molar refractivity (Wildman–Crippen MR) is 75.1 cm³/mol. The fourth-order valence-electron chi connectivity index (χ4n) is 1.36. The third-order valence-corrected chi connectivity index (χ3v) is 4.09. The van der Waals surface area contributed by atoms with Gasteiger partial charge in [-0.2, -0.15) is 0 Å². The van der Waals surface area contributed by atoms with E-state index in [1.807, 2.05) is 24.3 Å². The van der Waals surface area contributed by atoms with Crippen LogP contribution in [0.2, 0.25) is 5.02 Å². The molecular weight excluding hydrogens is 323 g/mol. The molecule has 0 aromatic heterocycles. The van der Waals surface area contributed by atoms with E-state index in [1.54, 1.807) is 17.8 Å². The first-order chi connectivity index (χ1) is 8.15. The number of thioether (sulfide) groups is 1. The molecule has 2 rings (SSSR count). The summed E-state index contributed by atoms with van der Waals surface area (Å²) >= 11 is 11.0. The van der Waals surface area contributed by atoms with Gasteiger partial charge in [0.2, 0.25) is 0 Å². The van der Waals surface area contributed by atoms with E-state index in [9.17, 15) is 4.39 Å². The van der Waals surface area contributed by atoms with Crippen molar-refractivity contribution in [2.75, 3.05) is 0 Å². The number of hydrogen-bond acceptors (Lipinski definition) is 1. The summed E-state index contributed by atoms with van der Waals surface area (Å²) in [4.78, 5) is 0.906. The molecule has 17 heavy (non-hydrogen) atoms. The number of benzene rings is 2. The van der Waals surface area contributed by atoms with E-state index >= 15 is 0 Å². The first-order valence-corrected chi connectivity index (χ1v) is 7.13. The summed E-state index contributed by atoms with van der Waals surface area (Å²) in [5, 5.41) is 0.725. The number of rotatable bonds is 3. The summed E-state index contributed by atoms with van der Waals surface area (Å²) in [6.07, 6.45) is 0. The van der Waals surface area contributed by atoms with Crippen LogP contribution in [0.1, 0.15) is 5.56 Å². The van der Waals surface area contributed by atoms with Gasteiger partial charge in [-0.25, -0.2) is 4.39 Å². The van der Waals surface area contributed by atoms with Crippen LogP contribution in [0.15, 0.2) is 51.8 Å². The molecule has 0 amide bonds. The molecule has 0 N–H and O–H groups in total. The lowest BCUT2D eigenvalue weighted by atomic mass is 10.2. The first kappa shape index (κ1) is 12.9. The maximum absolute atomic E-state index is 13.0. The van der Waals surface area contributed by atoms with Crippen molar-refractivity contribution in [3.63, 3.8) is 0 Å². The molecule has 2 aromatic carbocycles. The highest BCUT2D eigenvalue weighted by Gasteiger charge is 2.02. The van der Waals surface area contributed by atoms with Crippen molar-refractivity contribution in [3.8, 4) is 0 Å². The van der Waals surface area contributed by atoms with Crippen molar-refractivity contribution < 1.29 is 4.39 Å². The van der Waals surface area contributed by atoms with E-state index in [-0.39, 0.29) is 5.82 Å². The third kappa shape index (κ3) is 3.73. The second-order valence-corrected chi connectivity index (χ2v) is 5.85. The molecule has 0 atom stereocenters. The molecule has 4 heteroatoms. The van der Waals surface area contributed by atoms with Crippen molar-refractivity contribution in [2.24, 2.45) is 0 Å². The second kappa shape index (κ2) is 5.89. The van der Waals surface area contributed by atoms with Crippen LogP contribution in [0.3, 0.4) is 0 Å². The average Bonchev–Trinajstić information content (AvgIpc) is 2.28. The van der Waals surface area contributed by atoms with Crippen LogP contribution in [-0.4, -0.2) is 0 Å². The number of halogens is 3.